The molecule has 2 aromatic carbocycles. The molecule has 1 saturated heterocycles. The molecule has 0 radical (unpaired) electrons. The Morgan fingerprint density at radius 3 is 2.50 bits per heavy atom. The van der Waals surface area contributed by atoms with E-state index in [1.807, 2.05) is 53.1 Å². The van der Waals surface area contributed by atoms with Crippen molar-refractivity contribution in [2.24, 2.45) is 4.99 Å². The second kappa shape index (κ2) is 13.6. The molecule has 0 spiro atoms. The van der Waals surface area contributed by atoms with E-state index in [-0.39, 0.29) is 6.03 Å². The first-order valence-corrected chi connectivity index (χ1v) is 12.6. The topological polar surface area (TPSA) is 72.8 Å². The number of methoxy groups -OCH3 is 3. The maximum Gasteiger partial charge on any atom is 0.324 e. The minimum Gasteiger partial charge on any atom is -0.496 e. The summed E-state index contributed by atoms with van der Waals surface area (Å²) in [5.41, 5.74) is 2.78. The molecule has 196 valence electrons. The number of aliphatic imine (C=N–C) groups is 1. The van der Waals surface area contributed by atoms with Crippen LogP contribution in [0, 0.1) is 0 Å². The van der Waals surface area contributed by atoms with Crippen molar-refractivity contribution in [1.82, 2.24) is 4.90 Å². The van der Waals surface area contributed by atoms with Crippen molar-refractivity contribution in [2.75, 3.05) is 45.9 Å². The van der Waals surface area contributed by atoms with Gasteiger partial charge in [0.2, 0.25) is 0 Å². The van der Waals surface area contributed by atoms with Crippen molar-refractivity contribution in [2.45, 2.75) is 52.6 Å². The normalized spacial score (nSPS) is 14.1. The largest absolute Gasteiger partial charge is 0.496 e. The number of benzene rings is 2. The first-order valence-electron chi connectivity index (χ1n) is 12.6. The predicted octanol–water partition coefficient (Wildman–Crippen LogP) is 5.67. The van der Waals surface area contributed by atoms with E-state index in [4.69, 9.17) is 18.9 Å². The summed E-state index contributed by atoms with van der Waals surface area (Å²) in [5, 5.41) is 0. The molecule has 0 N–H and O–H groups in total. The third-order valence-corrected chi connectivity index (χ3v) is 6.27. The Hall–Kier alpha value is -3.42. The van der Waals surface area contributed by atoms with Gasteiger partial charge in [-0.15, -0.1) is 0 Å². The molecule has 0 aliphatic carbocycles. The smallest absolute Gasteiger partial charge is 0.324 e. The second-order valence-electron chi connectivity index (χ2n) is 8.79. The highest BCUT2D eigenvalue weighted by molar-refractivity contribution is 5.93. The Bertz CT molecular complexity index is 1040. The highest BCUT2D eigenvalue weighted by atomic mass is 16.5. The Balaban J connectivity index is 1.74. The second-order valence-corrected chi connectivity index (χ2v) is 8.79. The summed E-state index contributed by atoms with van der Waals surface area (Å²) in [7, 11) is 4.89. The minimum atomic E-state index is -0.0326. The molecular formula is C28H39N3O5. The number of amides is 2. The zero-order chi connectivity index (χ0) is 25.9. The molecule has 8 heteroatoms. The van der Waals surface area contributed by atoms with E-state index < -0.39 is 0 Å². The van der Waals surface area contributed by atoms with Gasteiger partial charge in [-0.1, -0.05) is 31.9 Å². The highest BCUT2D eigenvalue weighted by Gasteiger charge is 2.28. The number of ether oxygens (including phenoxy) is 4. The molecular weight excluding hydrogens is 458 g/mol. The highest BCUT2D eigenvalue weighted by Crippen LogP contribution is 2.34. The monoisotopic (exact) mass is 497 g/mol. The van der Waals surface area contributed by atoms with Gasteiger partial charge in [-0.05, 0) is 36.6 Å². The van der Waals surface area contributed by atoms with Crippen molar-refractivity contribution in [3.05, 3.63) is 47.5 Å². The molecule has 0 bridgehead atoms. The van der Waals surface area contributed by atoms with Crippen molar-refractivity contribution in [3.63, 3.8) is 0 Å². The van der Waals surface area contributed by atoms with Crippen LogP contribution in [-0.4, -0.2) is 57.9 Å². The predicted molar refractivity (Wildman–Crippen MR) is 143 cm³/mol. The van der Waals surface area contributed by atoms with Crippen LogP contribution in [0.1, 0.15) is 50.7 Å². The fraction of sp³-hybridized carbons (Fsp3) is 0.500. The van der Waals surface area contributed by atoms with Crippen LogP contribution in [-0.2, 0) is 17.8 Å². The molecule has 3 rings (SSSR count). The van der Waals surface area contributed by atoms with Gasteiger partial charge in [-0.2, -0.15) is 0 Å². The van der Waals surface area contributed by atoms with E-state index in [2.05, 4.69) is 11.9 Å². The molecule has 1 aliphatic rings. The van der Waals surface area contributed by atoms with E-state index in [0.717, 1.165) is 48.2 Å². The third-order valence-electron chi connectivity index (χ3n) is 6.27. The SMILES string of the molecule is CCCCCOc1cc(N2CCCN(Cc3ccc(CN=C(C)OC)cc3OC)C2=O)ccc1OC. The van der Waals surface area contributed by atoms with Crippen LogP contribution in [0.25, 0.3) is 0 Å². The number of anilines is 1. The maximum atomic E-state index is 13.5. The molecule has 8 nitrogen and oxygen atoms in total. The van der Waals surface area contributed by atoms with Gasteiger partial charge < -0.3 is 23.8 Å². The summed E-state index contributed by atoms with van der Waals surface area (Å²) in [6, 6.07) is 11.7. The standard InChI is InChI=1S/C28H39N3O5/c1-6-7-8-16-36-27-18-24(12-13-25(27)34-4)31-15-9-14-30(28(31)32)20-23-11-10-22(17-26(23)35-5)19-29-21(2)33-3/h10-13,17-18H,6-9,14-16,19-20H2,1-5H3. The summed E-state index contributed by atoms with van der Waals surface area (Å²) in [5.74, 6) is 2.71. The van der Waals surface area contributed by atoms with Gasteiger partial charge in [0.15, 0.2) is 17.4 Å². The number of hydrogen-bond acceptors (Lipinski definition) is 6. The van der Waals surface area contributed by atoms with Gasteiger partial charge in [0.1, 0.15) is 5.75 Å². The number of unbranched alkanes of at least 4 members (excludes halogenated alkanes) is 2. The zero-order valence-corrected chi connectivity index (χ0v) is 22.2. The Kier molecular flexibility index (Phi) is 10.3. The quantitative estimate of drug-likeness (QED) is 0.215. The molecule has 2 aromatic rings. The third kappa shape index (κ3) is 7.06. The lowest BCUT2D eigenvalue weighted by molar-refractivity contribution is 0.191. The van der Waals surface area contributed by atoms with E-state index in [9.17, 15) is 4.79 Å². The van der Waals surface area contributed by atoms with Gasteiger partial charge in [0.05, 0.1) is 41.0 Å². The average molecular weight is 498 g/mol. The van der Waals surface area contributed by atoms with Crippen LogP contribution >= 0.6 is 0 Å². The van der Waals surface area contributed by atoms with Gasteiger partial charge in [0.25, 0.3) is 0 Å². The Morgan fingerprint density at radius 1 is 0.972 bits per heavy atom. The summed E-state index contributed by atoms with van der Waals surface area (Å²) in [6.07, 6.45) is 4.11. The van der Waals surface area contributed by atoms with Crippen LogP contribution in [0.3, 0.4) is 0 Å². The molecule has 0 atom stereocenters. The van der Waals surface area contributed by atoms with E-state index in [1.165, 1.54) is 0 Å². The summed E-state index contributed by atoms with van der Waals surface area (Å²) in [4.78, 5) is 21.5. The van der Waals surface area contributed by atoms with Gasteiger partial charge in [-0.25, -0.2) is 4.79 Å². The van der Waals surface area contributed by atoms with Crippen molar-refractivity contribution < 1.29 is 23.7 Å². The van der Waals surface area contributed by atoms with Crippen LogP contribution in [0.2, 0.25) is 0 Å². The van der Waals surface area contributed by atoms with E-state index in [1.54, 1.807) is 21.3 Å². The molecule has 0 aromatic heterocycles. The minimum absolute atomic E-state index is 0.0326. The first-order chi connectivity index (χ1) is 17.5. The number of nitrogens with zero attached hydrogens (tertiary/aromatic N) is 3. The van der Waals surface area contributed by atoms with E-state index >= 15 is 0 Å². The fourth-order valence-corrected chi connectivity index (χ4v) is 4.14. The van der Waals surface area contributed by atoms with Crippen molar-refractivity contribution >= 4 is 17.6 Å². The van der Waals surface area contributed by atoms with Gasteiger partial charge in [0, 0.05) is 37.3 Å². The zero-order valence-electron chi connectivity index (χ0n) is 22.2. The van der Waals surface area contributed by atoms with Gasteiger partial charge in [-0.3, -0.25) is 9.89 Å². The fourth-order valence-electron chi connectivity index (χ4n) is 4.14. The van der Waals surface area contributed by atoms with Crippen molar-refractivity contribution in [3.8, 4) is 17.2 Å². The molecule has 2 amide bonds. The van der Waals surface area contributed by atoms with Crippen LogP contribution in [0.5, 0.6) is 17.2 Å². The van der Waals surface area contributed by atoms with E-state index in [0.29, 0.717) is 50.2 Å². The number of rotatable bonds is 12. The molecule has 36 heavy (non-hydrogen) atoms. The number of hydrogen-bond donors (Lipinski definition) is 0. The lowest BCUT2D eigenvalue weighted by Gasteiger charge is -2.36. The molecule has 1 heterocycles. The maximum absolute atomic E-state index is 13.5. The summed E-state index contributed by atoms with van der Waals surface area (Å²) >= 11 is 0. The lowest BCUT2D eigenvalue weighted by Crippen LogP contribution is -2.49. The molecule has 0 unspecified atom stereocenters. The van der Waals surface area contributed by atoms with Crippen LogP contribution < -0.4 is 19.1 Å². The number of carbonyl (C=O) groups is 1. The summed E-state index contributed by atoms with van der Waals surface area (Å²) < 4.78 is 22.2. The number of carbonyl (C=O) groups excluding carboxylic acids is 1. The first kappa shape index (κ1) is 27.2. The van der Waals surface area contributed by atoms with Crippen LogP contribution in [0.4, 0.5) is 10.5 Å². The Labute approximate surface area is 214 Å². The van der Waals surface area contributed by atoms with Crippen LogP contribution in [0.15, 0.2) is 41.4 Å². The average Bonchev–Trinajstić information content (AvgIpc) is 2.91. The van der Waals surface area contributed by atoms with Crippen molar-refractivity contribution in [1.29, 1.82) is 0 Å². The molecule has 1 aliphatic heterocycles. The lowest BCUT2D eigenvalue weighted by atomic mass is 10.1. The number of urea groups is 1. The molecule has 1 fully saturated rings. The Morgan fingerprint density at radius 2 is 1.78 bits per heavy atom. The van der Waals surface area contributed by atoms with Gasteiger partial charge >= 0.3 is 6.03 Å². The summed E-state index contributed by atoms with van der Waals surface area (Å²) in [6.45, 7) is 6.93. The molecule has 0 saturated carbocycles.